The van der Waals surface area contributed by atoms with Gasteiger partial charge in [-0.15, -0.1) is 0 Å². The molecular weight excluding hydrogens is 365 g/mol. The van der Waals surface area contributed by atoms with Gasteiger partial charge in [0.15, 0.2) is 0 Å². The van der Waals surface area contributed by atoms with Crippen molar-refractivity contribution < 1.29 is 21.6 Å². The maximum absolute atomic E-state index is 13.8. The van der Waals surface area contributed by atoms with Crippen LogP contribution in [-0.2, 0) is 10.0 Å². The number of sulfonamides is 1. The molecule has 0 fully saturated rings. The van der Waals surface area contributed by atoms with Crippen LogP contribution in [0.1, 0.15) is 5.56 Å². The van der Waals surface area contributed by atoms with Crippen molar-refractivity contribution in [2.24, 2.45) is 0 Å². The molecule has 4 nitrogen and oxygen atoms in total. The molecule has 26 heavy (non-hydrogen) atoms. The van der Waals surface area contributed by atoms with E-state index in [1.165, 1.54) is 36.5 Å². The van der Waals surface area contributed by atoms with Crippen LogP contribution in [-0.4, -0.2) is 13.4 Å². The summed E-state index contributed by atoms with van der Waals surface area (Å²) in [5.74, 6) is -2.14. The van der Waals surface area contributed by atoms with E-state index in [-0.39, 0.29) is 16.3 Å². The van der Waals surface area contributed by atoms with Gasteiger partial charge in [0, 0.05) is 23.4 Å². The number of hydrogen-bond acceptors (Lipinski definition) is 3. The van der Waals surface area contributed by atoms with Gasteiger partial charge < -0.3 is 0 Å². The van der Waals surface area contributed by atoms with Crippen LogP contribution in [0.2, 0.25) is 0 Å². The highest BCUT2D eigenvalue weighted by Crippen LogP contribution is 2.25. The van der Waals surface area contributed by atoms with Crippen LogP contribution < -0.4 is 4.72 Å². The second-order valence-corrected chi connectivity index (χ2v) is 7.22. The molecule has 1 aromatic heterocycles. The number of nitrogens with zero attached hydrogens (tertiary/aromatic N) is 1. The van der Waals surface area contributed by atoms with Gasteiger partial charge in [0.2, 0.25) is 0 Å². The van der Waals surface area contributed by atoms with Crippen molar-refractivity contribution in [2.45, 2.75) is 11.8 Å². The van der Waals surface area contributed by atoms with E-state index in [0.29, 0.717) is 11.1 Å². The fraction of sp³-hybridized carbons (Fsp3) is 0.0556. The fourth-order valence-corrected chi connectivity index (χ4v) is 3.66. The van der Waals surface area contributed by atoms with Gasteiger partial charge in [-0.1, -0.05) is 6.07 Å². The highest BCUT2D eigenvalue weighted by Gasteiger charge is 2.18. The quantitative estimate of drug-likeness (QED) is 0.737. The molecule has 0 aliphatic carbocycles. The molecule has 8 heteroatoms. The highest BCUT2D eigenvalue weighted by atomic mass is 32.2. The molecule has 3 aromatic rings. The summed E-state index contributed by atoms with van der Waals surface area (Å²) in [7, 11) is -4.03. The van der Waals surface area contributed by atoms with E-state index in [9.17, 15) is 21.6 Å². The molecule has 0 radical (unpaired) electrons. The lowest BCUT2D eigenvalue weighted by Crippen LogP contribution is -2.15. The average molecular weight is 378 g/mol. The van der Waals surface area contributed by atoms with Crippen molar-refractivity contribution in [2.75, 3.05) is 4.72 Å². The van der Waals surface area contributed by atoms with Gasteiger partial charge in [-0.05, 0) is 48.9 Å². The zero-order chi connectivity index (χ0) is 18.9. The Morgan fingerprint density at radius 3 is 2.27 bits per heavy atom. The van der Waals surface area contributed by atoms with Crippen molar-refractivity contribution >= 4 is 15.8 Å². The average Bonchev–Trinajstić information content (AvgIpc) is 2.58. The first-order valence-electron chi connectivity index (χ1n) is 7.47. The predicted molar refractivity (Wildman–Crippen MR) is 91.5 cm³/mol. The van der Waals surface area contributed by atoms with Gasteiger partial charge in [0.25, 0.3) is 10.0 Å². The van der Waals surface area contributed by atoms with Crippen molar-refractivity contribution in [3.05, 3.63) is 77.7 Å². The van der Waals surface area contributed by atoms with Gasteiger partial charge in [0.1, 0.15) is 23.3 Å². The predicted octanol–water partition coefficient (Wildman–Crippen LogP) is 4.28. The molecule has 0 amide bonds. The lowest BCUT2D eigenvalue weighted by Gasteiger charge is -2.10. The summed E-state index contributed by atoms with van der Waals surface area (Å²) in [5, 5.41) is 0. The van der Waals surface area contributed by atoms with E-state index < -0.39 is 27.5 Å². The molecule has 0 aliphatic heterocycles. The fourth-order valence-electron chi connectivity index (χ4n) is 2.39. The van der Waals surface area contributed by atoms with E-state index in [4.69, 9.17) is 0 Å². The summed E-state index contributed by atoms with van der Waals surface area (Å²) in [5.41, 5.74) is 0.866. The van der Waals surface area contributed by atoms with Crippen LogP contribution in [0.3, 0.4) is 0 Å². The number of aryl methyl sites for hydroxylation is 1. The molecule has 2 aromatic carbocycles. The number of hydrogen-bond donors (Lipinski definition) is 1. The molecule has 0 atom stereocenters. The molecule has 0 unspecified atom stereocenters. The maximum atomic E-state index is 13.8. The van der Waals surface area contributed by atoms with E-state index in [1.54, 1.807) is 6.92 Å². The van der Waals surface area contributed by atoms with E-state index in [0.717, 1.165) is 18.2 Å². The Balaban J connectivity index is 1.88. The summed E-state index contributed by atoms with van der Waals surface area (Å²) in [4.78, 5) is 3.74. The number of pyridine rings is 1. The lowest BCUT2D eigenvalue weighted by atomic mass is 10.1. The van der Waals surface area contributed by atoms with Crippen LogP contribution in [0.15, 0.2) is 59.6 Å². The number of halogens is 3. The van der Waals surface area contributed by atoms with Crippen molar-refractivity contribution in [1.82, 2.24) is 4.98 Å². The van der Waals surface area contributed by atoms with Gasteiger partial charge in [-0.25, -0.2) is 26.6 Å². The number of benzene rings is 2. The summed E-state index contributed by atoms with van der Waals surface area (Å²) in [6.07, 6.45) is 1.26. The third-order valence-electron chi connectivity index (χ3n) is 3.68. The Morgan fingerprint density at radius 2 is 1.62 bits per heavy atom. The van der Waals surface area contributed by atoms with Gasteiger partial charge in [-0.3, -0.25) is 4.72 Å². The Bertz CT molecular complexity index is 1070. The summed E-state index contributed by atoms with van der Waals surface area (Å²) >= 11 is 0. The van der Waals surface area contributed by atoms with Crippen LogP contribution in [0, 0.1) is 24.4 Å². The zero-order valence-electron chi connectivity index (χ0n) is 13.5. The van der Waals surface area contributed by atoms with Crippen molar-refractivity contribution in [3.63, 3.8) is 0 Å². The normalized spacial score (nSPS) is 11.4. The first kappa shape index (κ1) is 17.9. The Kier molecular flexibility index (Phi) is 4.69. The van der Waals surface area contributed by atoms with Gasteiger partial charge >= 0.3 is 0 Å². The summed E-state index contributed by atoms with van der Waals surface area (Å²) in [6, 6.07) is 9.35. The second-order valence-electron chi connectivity index (χ2n) is 5.57. The highest BCUT2D eigenvalue weighted by molar-refractivity contribution is 7.92. The third-order valence-corrected chi connectivity index (χ3v) is 5.18. The van der Waals surface area contributed by atoms with Gasteiger partial charge in [0.05, 0.1) is 4.90 Å². The number of rotatable bonds is 4. The molecule has 1 N–H and O–H groups in total. The Hall–Kier alpha value is -2.87. The van der Waals surface area contributed by atoms with Crippen LogP contribution >= 0.6 is 0 Å². The smallest absolute Gasteiger partial charge is 0.263 e. The minimum absolute atomic E-state index is 0.0140. The number of nitrogens with one attached hydrogen (secondary N) is 1. The molecule has 0 bridgehead atoms. The van der Waals surface area contributed by atoms with E-state index in [2.05, 4.69) is 9.71 Å². The first-order chi connectivity index (χ1) is 12.3. The van der Waals surface area contributed by atoms with E-state index >= 15 is 0 Å². The van der Waals surface area contributed by atoms with Gasteiger partial charge in [-0.2, -0.15) is 0 Å². The minimum Gasteiger partial charge on any atom is -0.263 e. The third kappa shape index (κ3) is 3.70. The summed E-state index contributed by atoms with van der Waals surface area (Å²) in [6.45, 7) is 1.54. The SMILES string of the molecule is Cc1ccc(F)cc1S(=O)(=O)Nc1ccc(-c2ccc(F)cc2F)cn1. The van der Waals surface area contributed by atoms with Crippen LogP contribution in [0.25, 0.3) is 11.1 Å². The lowest BCUT2D eigenvalue weighted by molar-refractivity contribution is 0.585. The maximum Gasteiger partial charge on any atom is 0.263 e. The molecule has 0 spiro atoms. The van der Waals surface area contributed by atoms with Crippen molar-refractivity contribution in [3.8, 4) is 11.1 Å². The van der Waals surface area contributed by atoms with E-state index in [1.807, 2.05) is 0 Å². The molecule has 1 heterocycles. The van der Waals surface area contributed by atoms with Crippen LogP contribution in [0.5, 0.6) is 0 Å². The van der Waals surface area contributed by atoms with Crippen molar-refractivity contribution in [1.29, 1.82) is 0 Å². The van der Waals surface area contributed by atoms with Crippen LogP contribution in [0.4, 0.5) is 19.0 Å². The summed E-state index contributed by atoms with van der Waals surface area (Å²) < 4.78 is 67.2. The molecule has 0 saturated carbocycles. The standard InChI is InChI=1S/C18H13F3N2O2S/c1-11-2-4-14(20)9-17(11)26(24,25)23-18-7-3-12(10-22-18)15-6-5-13(19)8-16(15)21/h2-10H,1H3,(H,22,23). The first-order valence-corrected chi connectivity index (χ1v) is 8.95. The molecular formula is C18H13F3N2O2S. The Morgan fingerprint density at radius 1 is 0.923 bits per heavy atom. The number of anilines is 1. The Labute approximate surface area is 148 Å². The largest absolute Gasteiger partial charge is 0.263 e. The molecule has 3 rings (SSSR count). The minimum atomic E-state index is -4.03. The molecule has 134 valence electrons. The topological polar surface area (TPSA) is 59.1 Å². The molecule has 0 aliphatic rings. The second kappa shape index (κ2) is 6.80. The monoisotopic (exact) mass is 378 g/mol. The molecule has 0 saturated heterocycles. The zero-order valence-corrected chi connectivity index (χ0v) is 14.3. The number of aromatic nitrogens is 1.